The predicted octanol–water partition coefficient (Wildman–Crippen LogP) is 1.67. The minimum Gasteiger partial charge on any atom is -0.369 e. The first-order chi connectivity index (χ1) is 8.91. The second-order valence-corrected chi connectivity index (χ2v) is 5.46. The van der Waals surface area contributed by atoms with Crippen LogP contribution in [0.15, 0.2) is 6.07 Å². The molecule has 19 heavy (non-hydrogen) atoms. The van der Waals surface area contributed by atoms with Gasteiger partial charge in [-0.3, -0.25) is 9.59 Å². The number of rotatable bonds is 2. The molecule has 0 unspecified atom stereocenters. The Bertz CT molecular complexity index is 519. The van der Waals surface area contributed by atoms with E-state index < -0.39 is 0 Å². The summed E-state index contributed by atoms with van der Waals surface area (Å²) >= 11 is 11.8. The molecule has 1 aliphatic rings. The van der Waals surface area contributed by atoms with Crippen molar-refractivity contribution in [1.29, 1.82) is 0 Å². The third-order valence-corrected chi connectivity index (χ3v) is 4.36. The Morgan fingerprint density at radius 1 is 1.32 bits per heavy atom. The first-order valence-electron chi connectivity index (χ1n) is 6.01. The zero-order valence-corrected chi connectivity index (χ0v) is 12.0. The number of nitrogens with two attached hydrogens (primary N) is 1. The van der Waals surface area contributed by atoms with E-state index in [0.29, 0.717) is 41.8 Å². The van der Waals surface area contributed by atoms with Gasteiger partial charge in [0.25, 0.3) is 5.91 Å². The summed E-state index contributed by atoms with van der Waals surface area (Å²) in [6.45, 7) is 1.04. The molecule has 0 aromatic carbocycles. The number of nitrogens with zero attached hydrogens (tertiary/aromatic N) is 2. The normalized spacial score (nSPS) is 16.7. The Hall–Kier alpha value is -1.20. The molecule has 1 saturated heterocycles. The highest BCUT2D eigenvalue weighted by Crippen LogP contribution is 2.27. The molecule has 2 amide bonds. The second kappa shape index (κ2) is 5.43. The molecule has 1 fully saturated rings. The molecular weight excluding hydrogens is 289 g/mol. The van der Waals surface area contributed by atoms with E-state index in [9.17, 15) is 9.59 Å². The molecule has 2 rings (SSSR count). The molecule has 0 saturated carbocycles. The number of hydrogen-bond donors (Lipinski definition) is 1. The van der Waals surface area contributed by atoms with Crippen LogP contribution in [0.3, 0.4) is 0 Å². The Morgan fingerprint density at radius 2 is 1.89 bits per heavy atom. The first kappa shape index (κ1) is 14.2. The zero-order chi connectivity index (χ0) is 14.2. The van der Waals surface area contributed by atoms with Gasteiger partial charge in [0.1, 0.15) is 10.8 Å². The van der Waals surface area contributed by atoms with Crippen LogP contribution in [-0.4, -0.2) is 34.4 Å². The molecule has 5 nitrogen and oxygen atoms in total. The summed E-state index contributed by atoms with van der Waals surface area (Å²) < 4.78 is 1.56. The third kappa shape index (κ3) is 2.72. The quantitative estimate of drug-likeness (QED) is 0.903. The molecule has 2 heterocycles. The van der Waals surface area contributed by atoms with Crippen LogP contribution in [0, 0.1) is 5.92 Å². The van der Waals surface area contributed by atoms with E-state index in [1.165, 1.54) is 0 Å². The first-order valence-corrected chi connectivity index (χ1v) is 6.76. The summed E-state index contributed by atoms with van der Waals surface area (Å²) in [7, 11) is 1.69. The molecular formula is C12H15Cl2N3O2. The van der Waals surface area contributed by atoms with Crippen molar-refractivity contribution in [3.63, 3.8) is 0 Å². The van der Waals surface area contributed by atoms with Crippen LogP contribution in [0.1, 0.15) is 23.3 Å². The molecule has 104 valence electrons. The number of piperidine rings is 1. The fraction of sp³-hybridized carbons (Fsp3) is 0.500. The summed E-state index contributed by atoms with van der Waals surface area (Å²) in [5.41, 5.74) is 5.72. The van der Waals surface area contributed by atoms with Crippen molar-refractivity contribution >= 4 is 35.0 Å². The number of likely N-dealkylation sites (tertiary alicyclic amines) is 1. The second-order valence-electron chi connectivity index (χ2n) is 4.70. The van der Waals surface area contributed by atoms with Crippen LogP contribution in [-0.2, 0) is 11.8 Å². The van der Waals surface area contributed by atoms with Gasteiger partial charge in [0.2, 0.25) is 5.91 Å². The average molecular weight is 304 g/mol. The molecule has 2 N–H and O–H groups in total. The highest BCUT2D eigenvalue weighted by atomic mass is 35.5. The van der Waals surface area contributed by atoms with Crippen molar-refractivity contribution in [2.45, 2.75) is 12.8 Å². The Morgan fingerprint density at radius 3 is 2.32 bits per heavy atom. The van der Waals surface area contributed by atoms with Gasteiger partial charge in [0, 0.05) is 26.1 Å². The number of primary amides is 1. The van der Waals surface area contributed by atoms with E-state index in [0.717, 1.165) is 0 Å². The monoisotopic (exact) mass is 303 g/mol. The Labute approximate surface area is 121 Å². The summed E-state index contributed by atoms with van der Waals surface area (Å²) in [4.78, 5) is 25.1. The van der Waals surface area contributed by atoms with Gasteiger partial charge in [-0.05, 0) is 18.9 Å². The van der Waals surface area contributed by atoms with Gasteiger partial charge in [-0.1, -0.05) is 23.2 Å². The fourth-order valence-electron chi connectivity index (χ4n) is 2.28. The summed E-state index contributed by atoms with van der Waals surface area (Å²) in [6.07, 6.45) is 1.21. The minimum atomic E-state index is -0.294. The van der Waals surface area contributed by atoms with Gasteiger partial charge in [0.15, 0.2) is 0 Å². The van der Waals surface area contributed by atoms with Crippen LogP contribution in [0.4, 0.5) is 0 Å². The van der Waals surface area contributed by atoms with Crippen molar-refractivity contribution in [3.8, 4) is 0 Å². The van der Waals surface area contributed by atoms with Crippen LogP contribution in [0.25, 0.3) is 0 Å². The Balaban J connectivity index is 2.09. The van der Waals surface area contributed by atoms with Crippen molar-refractivity contribution in [3.05, 3.63) is 21.9 Å². The van der Waals surface area contributed by atoms with Crippen molar-refractivity contribution in [2.75, 3.05) is 13.1 Å². The zero-order valence-electron chi connectivity index (χ0n) is 10.5. The lowest BCUT2D eigenvalue weighted by atomic mass is 9.96. The molecule has 0 radical (unpaired) electrons. The van der Waals surface area contributed by atoms with Crippen LogP contribution < -0.4 is 5.73 Å². The summed E-state index contributed by atoms with van der Waals surface area (Å²) in [5, 5.41) is 0.705. The number of carbonyl (C=O) groups excluding carboxylic acids is 2. The largest absolute Gasteiger partial charge is 0.369 e. The van der Waals surface area contributed by atoms with E-state index in [-0.39, 0.29) is 17.7 Å². The highest BCUT2D eigenvalue weighted by molar-refractivity contribution is 6.41. The SMILES string of the molecule is Cn1c(C(=O)N2CCC(C(N)=O)CC2)cc(Cl)c1Cl. The number of halogens is 2. The van der Waals surface area contributed by atoms with E-state index in [1.54, 1.807) is 22.6 Å². The third-order valence-electron chi connectivity index (χ3n) is 3.52. The van der Waals surface area contributed by atoms with E-state index in [1.807, 2.05) is 0 Å². The van der Waals surface area contributed by atoms with E-state index in [2.05, 4.69) is 0 Å². The summed E-state index contributed by atoms with van der Waals surface area (Å²) in [6, 6.07) is 1.56. The van der Waals surface area contributed by atoms with Crippen molar-refractivity contribution in [1.82, 2.24) is 9.47 Å². The number of amides is 2. The van der Waals surface area contributed by atoms with Gasteiger partial charge in [-0.15, -0.1) is 0 Å². The van der Waals surface area contributed by atoms with Crippen LogP contribution in [0.2, 0.25) is 10.2 Å². The number of hydrogen-bond acceptors (Lipinski definition) is 2. The summed E-state index contributed by atoms with van der Waals surface area (Å²) in [5.74, 6) is -0.555. The minimum absolute atomic E-state index is 0.126. The molecule has 1 aliphatic heterocycles. The lowest BCUT2D eigenvalue weighted by Crippen LogP contribution is -2.42. The van der Waals surface area contributed by atoms with Gasteiger partial charge in [-0.25, -0.2) is 0 Å². The van der Waals surface area contributed by atoms with Crippen LogP contribution >= 0.6 is 23.2 Å². The molecule has 0 aliphatic carbocycles. The Kier molecular flexibility index (Phi) is 4.06. The number of aromatic nitrogens is 1. The molecule has 0 atom stereocenters. The van der Waals surface area contributed by atoms with E-state index >= 15 is 0 Å². The highest BCUT2D eigenvalue weighted by Gasteiger charge is 2.28. The topological polar surface area (TPSA) is 68.3 Å². The van der Waals surface area contributed by atoms with Gasteiger partial charge < -0.3 is 15.2 Å². The average Bonchev–Trinajstić information content (AvgIpc) is 2.66. The standard InChI is InChI=1S/C12H15Cl2N3O2/c1-16-9(6-8(13)10(16)14)12(19)17-4-2-7(3-5-17)11(15)18/h6-7H,2-5H2,1H3,(H2,15,18). The maximum Gasteiger partial charge on any atom is 0.270 e. The molecule has 1 aromatic rings. The lowest BCUT2D eigenvalue weighted by molar-refractivity contribution is -0.123. The van der Waals surface area contributed by atoms with Gasteiger partial charge >= 0.3 is 0 Å². The van der Waals surface area contributed by atoms with Crippen molar-refractivity contribution < 1.29 is 9.59 Å². The van der Waals surface area contributed by atoms with Gasteiger partial charge in [0.05, 0.1) is 5.02 Å². The number of carbonyl (C=O) groups is 2. The lowest BCUT2D eigenvalue weighted by Gasteiger charge is -2.30. The predicted molar refractivity (Wildman–Crippen MR) is 73.3 cm³/mol. The smallest absolute Gasteiger partial charge is 0.270 e. The van der Waals surface area contributed by atoms with E-state index in [4.69, 9.17) is 28.9 Å². The molecule has 0 bridgehead atoms. The maximum absolute atomic E-state index is 12.3. The fourth-order valence-corrected chi connectivity index (χ4v) is 2.65. The van der Waals surface area contributed by atoms with Crippen molar-refractivity contribution in [2.24, 2.45) is 18.7 Å². The molecule has 0 spiro atoms. The van der Waals surface area contributed by atoms with Crippen LogP contribution in [0.5, 0.6) is 0 Å². The molecule has 7 heteroatoms. The maximum atomic E-state index is 12.3. The van der Waals surface area contributed by atoms with Gasteiger partial charge in [-0.2, -0.15) is 0 Å². The molecule has 1 aromatic heterocycles.